The third-order valence-electron chi connectivity index (χ3n) is 5.76. The first-order valence-electron chi connectivity index (χ1n) is 11.3. The molecule has 164 valence electrons. The molecule has 31 heavy (non-hydrogen) atoms. The van der Waals surface area contributed by atoms with Gasteiger partial charge >= 0.3 is 0 Å². The summed E-state index contributed by atoms with van der Waals surface area (Å²) < 4.78 is 0. The molecule has 3 aromatic rings. The zero-order valence-electron chi connectivity index (χ0n) is 18.7. The van der Waals surface area contributed by atoms with Crippen molar-refractivity contribution in [2.24, 2.45) is 0 Å². The Morgan fingerprint density at radius 3 is 2.61 bits per heavy atom. The van der Waals surface area contributed by atoms with Gasteiger partial charge in [0.1, 0.15) is 12.1 Å². The van der Waals surface area contributed by atoms with Gasteiger partial charge in [-0.2, -0.15) is 0 Å². The molecular formula is C26H35N4P. The molecule has 0 saturated carbocycles. The lowest BCUT2D eigenvalue weighted by Crippen LogP contribution is -2.30. The van der Waals surface area contributed by atoms with Gasteiger partial charge in [-0.15, -0.1) is 9.24 Å². The Balaban J connectivity index is 0.00000132. The third-order valence-corrected chi connectivity index (χ3v) is 5.76. The molecule has 1 aromatic heterocycles. The molecule has 2 heterocycles. The van der Waals surface area contributed by atoms with Crippen molar-refractivity contribution in [3.63, 3.8) is 0 Å². The van der Waals surface area contributed by atoms with E-state index >= 15 is 0 Å². The molecule has 0 aliphatic carbocycles. The average Bonchev–Trinajstić information content (AvgIpc) is 2.84. The van der Waals surface area contributed by atoms with Crippen molar-refractivity contribution in [2.75, 3.05) is 31.6 Å². The molecule has 0 spiro atoms. The molecule has 0 bridgehead atoms. The number of benzene rings is 2. The smallest absolute Gasteiger partial charge is 0.137 e. The lowest BCUT2D eigenvalue weighted by Gasteiger charge is -2.26. The number of hydrogen-bond donors (Lipinski definition) is 1. The molecule has 1 saturated heterocycles. The van der Waals surface area contributed by atoms with Crippen LogP contribution in [0.3, 0.4) is 0 Å². The second kappa shape index (κ2) is 12.5. The fraction of sp³-hybridized carbons (Fsp3) is 0.385. The molecular weight excluding hydrogens is 399 g/mol. The second-order valence-corrected chi connectivity index (χ2v) is 7.85. The first-order chi connectivity index (χ1) is 15.3. The summed E-state index contributed by atoms with van der Waals surface area (Å²) in [4.78, 5) is 11.5. The van der Waals surface area contributed by atoms with Crippen LogP contribution in [-0.2, 0) is 13.0 Å². The average molecular weight is 435 g/mol. The molecule has 4 rings (SSSR count). The van der Waals surface area contributed by atoms with Crippen LogP contribution in [0.1, 0.15) is 42.4 Å². The van der Waals surface area contributed by atoms with Crippen LogP contribution in [0, 0.1) is 0 Å². The summed E-state index contributed by atoms with van der Waals surface area (Å²) in [6.07, 6.45) is 9.98. The molecule has 0 amide bonds. The Hall–Kier alpha value is -2.29. The van der Waals surface area contributed by atoms with Gasteiger partial charge in [0.15, 0.2) is 0 Å². The minimum absolute atomic E-state index is 0.754. The fourth-order valence-electron chi connectivity index (χ4n) is 4.19. The number of aromatic nitrogens is 2. The predicted molar refractivity (Wildman–Crippen MR) is 138 cm³/mol. The number of rotatable bonds is 8. The van der Waals surface area contributed by atoms with Crippen molar-refractivity contribution in [3.05, 3.63) is 72.1 Å². The molecule has 0 radical (unpaired) electrons. The van der Waals surface area contributed by atoms with Gasteiger partial charge in [0.05, 0.1) is 5.52 Å². The number of likely N-dealkylation sites (tertiary alicyclic amines) is 1. The van der Waals surface area contributed by atoms with Crippen LogP contribution < -0.4 is 5.32 Å². The monoisotopic (exact) mass is 434 g/mol. The molecule has 1 N–H and O–H groups in total. The zero-order chi connectivity index (χ0) is 21.9. The highest BCUT2D eigenvalue weighted by atomic mass is 31.0. The van der Waals surface area contributed by atoms with Gasteiger partial charge in [-0.1, -0.05) is 62.1 Å². The van der Waals surface area contributed by atoms with Gasteiger partial charge in [0.25, 0.3) is 0 Å². The van der Waals surface area contributed by atoms with Crippen LogP contribution in [0.25, 0.3) is 17.0 Å². The molecule has 1 atom stereocenters. The van der Waals surface area contributed by atoms with Gasteiger partial charge in [0.2, 0.25) is 0 Å². The van der Waals surface area contributed by atoms with Crippen LogP contribution in [0.2, 0.25) is 0 Å². The second-order valence-electron chi connectivity index (χ2n) is 7.85. The van der Waals surface area contributed by atoms with E-state index in [0.29, 0.717) is 0 Å². The van der Waals surface area contributed by atoms with Crippen LogP contribution in [0.15, 0.2) is 55.4 Å². The Labute approximate surface area is 189 Å². The fourth-order valence-corrected chi connectivity index (χ4v) is 4.19. The number of fused-ring (bicyclic) bond motifs is 1. The van der Waals surface area contributed by atoms with E-state index < -0.39 is 0 Å². The number of aryl methyl sites for hydroxylation is 1. The van der Waals surface area contributed by atoms with Gasteiger partial charge in [-0.05, 0) is 62.5 Å². The lowest BCUT2D eigenvalue weighted by atomic mass is 10.1. The largest absolute Gasteiger partial charge is 0.365 e. The van der Waals surface area contributed by atoms with E-state index in [4.69, 9.17) is 0 Å². The molecule has 4 nitrogen and oxygen atoms in total. The highest BCUT2D eigenvalue weighted by molar-refractivity contribution is 7.15. The third kappa shape index (κ3) is 6.59. The number of hydrogen-bond acceptors (Lipinski definition) is 4. The van der Waals surface area contributed by atoms with Gasteiger partial charge < -0.3 is 10.2 Å². The van der Waals surface area contributed by atoms with E-state index in [0.717, 1.165) is 35.2 Å². The standard InChI is InChI=1S/C25H30N4.CH5P/c1-2-22-12-7-13-23-24(22)27-19-28-25(23)26-18-21-10-6-9-20(17-21)11-8-16-29-14-4-3-5-15-29;1-2/h2,6-7,9-10,12-13,17,19H,1,3-5,8,11,14-16,18H2,(H,26,27,28);2H2,1H3. The number of para-hydroxylation sites is 1. The topological polar surface area (TPSA) is 41.0 Å². The van der Waals surface area contributed by atoms with Crippen LogP contribution in [0.4, 0.5) is 5.82 Å². The number of piperidine rings is 1. The SMILES string of the molecule is C=Cc1cccc2c(NCc3cccc(CCCN4CCCCC4)c3)ncnc12.CP. The number of nitrogens with one attached hydrogen (secondary N) is 1. The minimum Gasteiger partial charge on any atom is -0.365 e. The molecule has 2 aromatic carbocycles. The predicted octanol–water partition coefficient (Wildman–Crippen LogP) is 5.79. The summed E-state index contributed by atoms with van der Waals surface area (Å²) >= 11 is 0. The summed E-state index contributed by atoms with van der Waals surface area (Å²) in [6.45, 7) is 10.3. The summed E-state index contributed by atoms with van der Waals surface area (Å²) in [6, 6.07) is 15.0. The van der Waals surface area contributed by atoms with Crippen molar-refractivity contribution >= 4 is 32.0 Å². The van der Waals surface area contributed by atoms with Crippen molar-refractivity contribution < 1.29 is 0 Å². The Kier molecular flexibility index (Phi) is 9.45. The Bertz CT molecular complexity index is 967. The first kappa shape index (κ1) is 23.4. The zero-order valence-corrected chi connectivity index (χ0v) is 19.8. The first-order valence-corrected chi connectivity index (χ1v) is 12.5. The van der Waals surface area contributed by atoms with Crippen molar-refractivity contribution in [3.8, 4) is 0 Å². The molecule has 5 heteroatoms. The summed E-state index contributed by atoms with van der Waals surface area (Å²) in [5.41, 5.74) is 4.67. The van der Waals surface area contributed by atoms with Crippen LogP contribution in [-0.4, -0.2) is 41.2 Å². The lowest BCUT2D eigenvalue weighted by molar-refractivity contribution is 0.226. The van der Waals surface area contributed by atoms with Crippen molar-refractivity contribution in [1.82, 2.24) is 14.9 Å². The van der Waals surface area contributed by atoms with E-state index in [2.05, 4.69) is 66.3 Å². The van der Waals surface area contributed by atoms with Gasteiger partial charge in [-0.25, -0.2) is 9.97 Å². The highest BCUT2D eigenvalue weighted by Crippen LogP contribution is 2.23. The van der Waals surface area contributed by atoms with E-state index in [9.17, 15) is 0 Å². The maximum absolute atomic E-state index is 4.46. The molecule has 1 aliphatic rings. The van der Waals surface area contributed by atoms with Crippen LogP contribution >= 0.6 is 9.24 Å². The quantitative estimate of drug-likeness (QED) is 0.455. The van der Waals surface area contributed by atoms with Crippen molar-refractivity contribution in [1.29, 1.82) is 0 Å². The van der Waals surface area contributed by atoms with E-state index in [1.807, 2.05) is 24.9 Å². The van der Waals surface area contributed by atoms with Crippen molar-refractivity contribution in [2.45, 2.75) is 38.6 Å². The summed E-state index contributed by atoms with van der Waals surface area (Å²) in [5, 5.41) is 4.53. The number of anilines is 1. The van der Waals surface area contributed by atoms with E-state index in [1.165, 1.54) is 56.4 Å². The Morgan fingerprint density at radius 2 is 1.81 bits per heavy atom. The molecule has 1 aliphatic heterocycles. The Morgan fingerprint density at radius 1 is 1.03 bits per heavy atom. The van der Waals surface area contributed by atoms with Crippen LogP contribution in [0.5, 0.6) is 0 Å². The van der Waals surface area contributed by atoms with E-state index in [1.54, 1.807) is 6.33 Å². The number of nitrogens with zero attached hydrogens (tertiary/aromatic N) is 3. The highest BCUT2D eigenvalue weighted by Gasteiger charge is 2.09. The maximum Gasteiger partial charge on any atom is 0.137 e. The van der Waals surface area contributed by atoms with E-state index in [-0.39, 0.29) is 0 Å². The van der Waals surface area contributed by atoms with Gasteiger partial charge in [-0.3, -0.25) is 0 Å². The maximum atomic E-state index is 4.46. The summed E-state index contributed by atoms with van der Waals surface area (Å²) in [7, 11) is 2.42. The molecule has 1 unspecified atom stereocenters. The minimum atomic E-state index is 0.754. The normalized spacial score (nSPS) is 14.0. The molecule has 1 fully saturated rings. The van der Waals surface area contributed by atoms with Gasteiger partial charge in [0, 0.05) is 17.5 Å². The summed E-state index contributed by atoms with van der Waals surface area (Å²) in [5.74, 6) is 0.870.